The molecule has 4 aliphatic heterocycles. The second-order valence-electron chi connectivity index (χ2n) is 13.1. The second kappa shape index (κ2) is 11.4. The van der Waals surface area contributed by atoms with Gasteiger partial charge in [0.2, 0.25) is 11.8 Å². The van der Waals surface area contributed by atoms with Crippen molar-refractivity contribution in [1.82, 2.24) is 4.90 Å². The van der Waals surface area contributed by atoms with Gasteiger partial charge in [0, 0.05) is 42.4 Å². The highest BCUT2D eigenvalue weighted by Gasteiger charge is 2.65. The van der Waals surface area contributed by atoms with Crippen LogP contribution in [0, 0.1) is 5.92 Å². The smallest absolute Gasteiger partial charge is 0.261 e. The third-order valence-corrected chi connectivity index (χ3v) is 14.9. The molecule has 1 spiro atoms. The molecule has 9 nitrogen and oxygen atoms in total. The number of carbonyl (C=O) groups is 3. The third-order valence-electron chi connectivity index (χ3n) is 10.5. The molecule has 3 fully saturated rings. The molecule has 0 radical (unpaired) electrons. The van der Waals surface area contributed by atoms with Crippen molar-refractivity contribution in [1.29, 1.82) is 0 Å². The quantitative estimate of drug-likeness (QED) is 0.466. The number of aliphatic hydroxyl groups excluding tert-OH is 1. The molecule has 6 rings (SSSR count). The van der Waals surface area contributed by atoms with Gasteiger partial charge in [-0.25, -0.2) is 0 Å². The van der Waals surface area contributed by atoms with E-state index in [1.807, 2.05) is 35.2 Å². The maximum Gasteiger partial charge on any atom is 0.261 e. The Hall–Kier alpha value is -3.21. The van der Waals surface area contributed by atoms with Gasteiger partial charge in [-0.15, -0.1) is 0 Å². The van der Waals surface area contributed by atoms with Crippen molar-refractivity contribution in [3.05, 3.63) is 48.0 Å². The lowest BCUT2D eigenvalue weighted by molar-refractivity contribution is -0.148. The van der Waals surface area contributed by atoms with Crippen LogP contribution in [0.2, 0.25) is 18.6 Å². The number of benzene rings is 2. The van der Waals surface area contributed by atoms with Crippen LogP contribution in [0.15, 0.2) is 42.5 Å². The van der Waals surface area contributed by atoms with Crippen molar-refractivity contribution in [2.24, 2.45) is 5.92 Å². The van der Waals surface area contributed by atoms with Gasteiger partial charge in [-0.1, -0.05) is 37.3 Å². The minimum absolute atomic E-state index is 0.0402. The molecule has 4 heterocycles. The Labute approximate surface area is 254 Å². The zero-order valence-electron chi connectivity index (χ0n) is 25.6. The Morgan fingerprint density at radius 1 is 1.12 bits per heavy atom. The largest absolute Gasteiger partial charge is 0.497 e. The van der Waals surface area contributed by atoms with E-state index in [-0.39, 0.29) is 48.3 Å². The van der Waals surface area contributed by atoms with Crippen LogP contribution in [-0.4, -0.2) is 74.8 Å². The molecule has 0 unspecified atom stereocenters. The van der Waals surface area contributed by atoms with Gasteiger partial charge in [-0.3, -0.25) is 14.4 Å². The van der Waals surface area contributed by atoms with E-state index < -0.39 is 19.8 Å². The molecule has 10 heteroatoms. The summed E-state index contributed by atoms with van der Waals surface area (Å²) in [5, 5.41) is 14.2. The number of hydrogen-bond acceptors (Lipinski definition) is 6. The van der Waals surface area contributed by atoms with E-state index in [0.29, 0.717) is 25.2 Å². The van der Waals surface area contributed by atoms with Gasteiger partial charge < -0.3 is 29.7 Å². The highest BCUT2D eigenvalue weighted by Crippen LogP contribution is 2.59. The molecule has 2 aromatic carbocycles. The van der Waals surface area contributed by atoms with Crippen LogP contribution in [0.3, 0.4) is 0 Å². The molecule has 4 aliphatic rings. The zero-order chi connectivity index (χ0) is 30.5. The lowest BCUT2D eigenvalue weighted by atomic mass is 9.82. The molecule has 5 atom stereocenters. The second-order valence-corrected chi connectivity index (χ2v) is 17.8. The van der Waals surface area contributed by atoms with Gasteiger partial charge in [-0.05, 0) is 61.6 Å². The molecular formula is C33H43N3O6Si. The van der Waals surface area contributed by atoms with Gasteiger partial charge in [0.1, 0.15) is 5.75 Å². The van der Waals surface area contributed by atoms with Gasteiger partial charge in [-0.2, -0.15) is 0 Å². The van der Waals surface area contributed by atoms with Crippen LogP contribution in [0.5, 0.6) is 5.75 Å². The summed E-state index contributed by atoms with van der Waals surface area (Å²) in [6.07, 6.45) is 3.66. The number of amides is 3. The first-order valence-electron chi connectivity index (χ1n) is 15.6. The molecule has 230 valence electrons. The lowest BCUT2D eigenvalue weighted by Crippen LogP contribution is -2.52. The summed E-state index contributed by atoms with van der Waals surface area (Å²) < 4.78 is 12.4. The number of likely N-dealkylation sites (tertiary alicyclic amines) is 1. The van der Waals surface area contributed by atoms with Crippen LogP contribution in [0.1, 0.15) is 51.0 Å². The van der Waals surface area contributed by atoms with E-state index in [1.165, 1.54) is 5.19 Å². The SMILES string of the molecule is COc1ccc([Si](C)(C)[C@@H]2[C@@H](CC(=O)N3CCC[C@H]3CO)O[C@]3(C(=O)Nc4ccc(N5CCCCC5=O)cc43)[C@H]2C)cc1. The number of piperidine rings is 1. The fraction of sp³-hybridized carbons (Fsp3) is 0.545. The summed E-state index contributed by atoms with van der Waals surface area (Å²) in [6.45, 7) is 7.89. The molecular weight excluding hydrogens is 562 g/mol. The summed E-state index contributed by atoms with van der Waals surface area (Å²) in [6, 6.07) is 13.7. The van der Waals surface area contributed by atoms with Crippen LogP contribution < -0.4 is 20.1 Å². The molecule has 2 aromatic rings. The first kappa shape index (κ1) is 29.8. The maximum absolute atomic E-state index is 14.0. The van der Waals surface area contributed by atoms with E-state index in [9.17, 15) is 19.5 Å². The molecule has 0 bridgehead atoms. The summed E-state index contributed by atoms with van der Waals surface area (Å²) in [7, 11) is -0.738. The van der Waals surface area contributed by atoms with Crippen LogP contribution in [0.4, 0.5) is 11.4 Å². The molecule has 0 aromatic heterocycles. The van der Waals surface area contributed by atoms with Crippen LogP contribution >= 0.6 is 0 Å². The van der Waals surface area contributed by atoms with Crippen molar-refractivity contribution >= 4 is 42.4 Å². The molecule has 0 aliphatic carbocycles. The number of rotatable bonds is 7. The Kier molecular flexibility index (Phi) is 7.89. The minimum Gasteiger partial charge on any atom is -0.497 e. The highest BCUT2D eigenvalue weighted by atomic mass is 28.3. The van der Waals surface area contributed by atoms with Gasteiger partial charge >= 0.3 is 0 Å². The summed E-state index contributed by atoms with van der Waals surface area (Å²) >= 11 is 0. The minimum atomic E-state index is -2.39. The lowest BCUT2D eigenvalue weighted by Gasteiger charge is -2.37. The van der Waals surface area contributed by atoms with E-state index >= 15 is 0 Å². The first-order valence-corrected chi connectivity index (χ1v) is 18.7. The third kappa shape index (κ3) is 4.87. The Bertz CT molecular complexity index is 1410. The average molecular weight is 606 g/mol. The van der Waals surface area contributed by atoms with Crippen molar-refractivity contribution < 1.29 is 29.0 Å². The normalized spacial score (nSPS) is 28.9. The Balaban J connectivity index is 1.42. The number of anilines is 2. The van der Waals surface area contributed by atoms with Crippen molar-refractivity contribution in [3.63, 3.8) is 0 Å². The summed E-state index contributed by atoms with van der Waals surface area (Å²) in [5.74, 6) is 0.374. The monoisotopic (exact) mass is 605 g/mol. The molecule has 3 amide bonds. The van der Waals surface area contributed by atoms with E-state index in [1.54, 1.807) is 12.0 Å². The van der Waals surface area contributed by atoms with Crippen LogP contribution in [0.25, 0.3) is 0 Å². The standard InChI is InChI=1S/C33H43N3O6Si/c1-21-31(43(3,4)25-13-11-24(41-2)12-14-25)28(19-30(39)36-17-7-8-23(36)20-37)42-33(21)26-18-22(10-15-27(26)34-32(33)40)35-16-6-5-9-29(35)38/h10-15,18,21,23,28,31,37H,5-9,16-17,19-20H2,1-4H3,(H,34,40)/t21-,23-,28+,31-,33+/m0/s1. The fourth-order valence-electron chi connectivity index (χ4n) is 8.21. The zero-order valence-corrected chi connectivity index (χ0v) is 26.6. The summed E-state index contributed by atoms with van der Waals surface area (Å²) in [4.78, 5) is 44.3. The predicted octanol–water partition coefficient (Wildman–Crippen LogP) is 3.75. The number of carbonyl (C=O) groups excluding carboxylic acids is 3. The Morgan fingerprint density at radius 2 is 1.88 bits per heavy atom. The molecule has 0 saturated carbocycles. The molecule has 3 saturated heterocycles. The molecule has 43 heavy (non-hydrogen) atoms. The number of ether oxygens (including phenoxy) is 2. The van der Waals surface area contributed by atoms with Gasteiger partial charge in [0.25, 0.3) is 5.91 Å². The van der Waals surface area contributed by atoms with E-state index in [0.717, 1.165) is 42.7 Å². The van der Waals surface area contributed by atoms with Crippen LogP contribution in [-0.2, 0) is 24.7 Å². The van der Waals surface area contributed by atoms with Crippen molar-refractivity contribution in [3.8, 4) is 5.75 Å². The number of methoxy groups -OCH3 is 1. The van der Waals surface area contributed by atoms with E-state index in [2.05, 4.69) is 37.5 Å². The predicted molar refractivity (Wildman–Crippen MR) is 167 cm³/mol. The topological polar surface area (TPSA) is 108 Å². The molecule has 2 N–H and O–H groups in total. The van der Waals surface area contributed by atoms with Gasteiger partial charge in [0.15, 0.2) is 5.60 Å². The number of hydrogen-bond donors (Lipinski definition) is 2. The number of nitrogens with one attached hydrogen (secondary N) is 1. The first-order chi connectivity index (χ1) is 20.6. The Morgan fingerprint density at radius 3 is 2.58 bits per heavy atom. The highest BCUT2D eigenvalue weighted by molar-refractivity contribution is 6.91. The number of nitrogens with zero attached hydrogens (tertiary/aromatic N) is 2. The number of fused-ring (bicyclic) bond motifs is 2. The van der Waals surface area contributed by atoms with Gasteiger partial charge in [0.05, 0.1) is 40.4 Å². The number of aliphatic hydroxyl groups is 1. The van der Waals surface area contributed by atoms with Crippen molar-refractivity contribution in [2.75, 3.05) is 37.0 Å². The van der Waals surface area contributed by atoms with E-state index in [4.69, 9.17) is 9.47 Å². The fourth-order valence-corrected chi connectivity index (χ4v) is 12.2. The summed E-state index contributed by atoms with van der Waals surface area (Å²) in [5.41, 5.74) is 0.866. The average Bonchev–Trinajstić information content (AvgIpc) is 3.68. The maximum atomic E-state index is 14.0. The van der Waals surface area contributed by atoms with Crippen molar-refractivity contribution in [2.45, 2.75) is 81.8 Å².